The number of fused-ring (bicyclic) bond motifs is 16. The van der Waals surface area contributed by atoms with E-state index in [4.69, 9.17) is 14.7 Å². The van der Waals surface area contributed by atoms with Crippen LogP contribution in [-0.2, 0) is 0 Å². The smallest absolute Gasteiger partial charge is 0.150 e. The van der Waals surface area contributed by atoms with E-state index >= 15 is 0 Å². The molecule has 0 radical (unpaired) electrons. The van der Waals surface area contributed by atoms with E-state index in [1.54, 1.807) is 6.33 Å². The number of para-hydroxylation sites is 4. The van der Waals surface area contributed by atoms with Gasteiger partial charge in [0.15, 0.2) is 0 Å². The average molecular weight is 713 g/mol. The first-order valence-corrected chi connectivity index (χ1v) is 18.9. The van der Waals surface area contributed by atoms with Crippen LogP contribution in [0.3, 0.4) is 0 Å². The summed E-state index contributed by atoms with van der Waals surface area (Å²) in [5.74, 6) is 2.24. The maximum Gasteiger partial charge on any atom is 0.150 e. The highest BCUT2D eigenvalue weighted by atomic mass is 16.5. The van der Waals surface area contributed by atoms with Crippen molar-refractivity contribution in [2.24, 2.45) is 0 Å². The van der Waals surface area contributed by atoms with Gasteiger partial charge in [-0.2, -0.15) is 0 Å². The summed E-state index contributed by atoms with van der Waals surface area (Å²) in [4.78, 5) is 19.3. The maximum atomic E-state index is 6.74. The highest BCUT2D eigenvalue weighted by molar-refractivity contribution is 6.15. The molecule has 0 N–H and O–H groups in total. The van der Waals surface area contributed by atoms with Gasteiger partial charge in [-0.15, -0.1) is 0 Å². The molecule has 0 saturated heterocycles. The monoisotopic (exact) mass is 712 g/mol. The Kier molecular flexibility index (Phi) is 6.80. The zero-order chi connectivity index (χ0) is 36.9. The maximum absolute atomic E-state index is 6.74. The van der Waals surface area contributed by atoms with Gasteiger partial charge >= 0.3 is 0 Å². The summed E-state index contributed by atoms with van der Waals surface area (Å²) in [5.41, 5.74) is 13.0. The third-order valence-electron chi connectivity index (χ3n) is 11.2. The SMILES string of the molecule is CC(C)c1cccc(C(C)C)c1-c1ccc2c(c1)c1ccc(Oc3ccc4c5cncnc5n5c6ccccc6nc5c4c3)cc1c1nc3ccccc3n21. The summed E-state index contributed by atoms with van der Waals surface area (Å²) in [6.45, 7) is 9.14. The van der Waals surface area contributed by atoms with E-state index in [1.165, 1.54) is 27.6 Å². The van der Waals surface area contributed by atoms with E-state index in [9.17, 15) is 0 Å². The van der Waals surface area contributed by atoms with Crippen LogP contribution in [0.15, 0.2) is 134 Å². The van der Waals surface area contributed by atoms with Gasteiger partial charge in [0, 0.05) is 27.7 Å². The van der Waals surface area contributed by atoms with Crippen molar-refractivity contribution in [3.63, 3.8) is 0 Å². The molecule has 7 heteroatoms. The molecule has 0 aliphatic heterocycles. The molecule has 0 unspecified atom stereocenters. The van der Waals surface area contributed by atoms with E-state index in [-0.39, 0.29) is 0 Å². The second-order valence-corrected chi connectivity index (χ2v) is 15.1. The van der Waals surface area contributed by atoms with Crippen molar-refractivity contribution in [1.82, 2.24) is 28.7 Å². The van der Waals surface area contributed by atoms with Gasteiger partial charge in [0.1, 0.15) is 34.8 Å². The Morgan fingerprint density at radius 3 is 1.75 bits per heavy atom. The molecule has 11 rings (SSSR count). The van der Waals surface area contributed by atoms with E-state index in [1.807, 2.05) is 30.5 Å². The molecule has 0 amide bonds. The Hall–Kier alpha value is -6.86. The van der Waals surface area contributed by atoms with Crippen molar-refractivity contribution in [3.05, 3.63) is 145 Å². The number of rotatable bonds is 5. The fraction of sp³-hybridized carbons (Fsp3) is 0.125. The van der Waals surface area contributed by atoms with Crippen molar-refractivity contribution in [3.8, 4) is 22.6 Å². The molecule has 5 aromatic heterocycles. The largest absolute Gasteiger partial charge is 0.457 e. The van der Waals surface area contributed by atoms with E-state index in [0.717, 1.165) is 83.0 Å². The van der Waals surface area contributed by atoms with Gasteiger partial charge in [-0.25, -0.2) is 19.9 Å². The minimum atomic E-state index is 0.395. The quantitative estimate of drug-likeness (QED) is 0.166. The molecule has 55 heavy (non-hydrogen) atoms. The van der Waals surface area contributed by atoms with E-state index < -0.39 is 0 Å². The Labute approximate surface area is 316 Å². The summed E-state index contributed by atoms with van der Waals surface area (Å²) in [6, 6.07) is 42.9. The minimum Gasteiger partial charge on any atom is -0.457 e. The van der Waals surface area contributed by atoms with Crippen LogP contribution >= 0.6 is 0 Å². The predicted molar refractivity (Wildman–Crippen MR) is 225 cm³/mol. The fourth-order valence-corrected chi connectivity index (χ4v) is 8.70. The van der Waals surface area contributed by atoms with Crippen molar-refractivity contribution in [2.75, 3.05) is 0 Å². The lowest BCUT2D eigenvalue weighted by Gasteiger charge is -2.21. The lowest BCUT2D eigenvalue weighted by Crippen LogP contribution is -2.00. The number of nitrogens with zero attached hydrogens (tertiary/aromatic N) is 6. The number of imidazole rings is 2. The molecular weight excluding hydrogens is 677 g/mol. The van der Waals surface area contributed by atoms with Crippen molar-refractivity contribution in [1.29, 1.82) is 0 Å². The Morgan fingerprint density at radius 2 is 1.09 bits per heavy atom. The minimum absolute atomic E-state index is 0.395. The Morgan fingerprint density at radius 1 is 0.491 bits per heavy atom. The van der Waals surface area contributed by atoms with Gasteiger partial charge in [0.2, 0.25) is 0 Å². The van der Waals surface area contributed by atoms with Gasteiger partial charge in [-0.1, -0.05) is 76.2 Å². The summed E-state index contributed by atoms with van der Waals surface area (Å²) < 4.78 is 11.2. The molecule has 11 aromatic rings. The second-order valence-electron chi connectivity index (χ2n) is 15.1. The Balaban J connectivity index is 1.12. The average Bonchev–Trinajstić information content (AvgIpc) is 3.81. The summed E-state index contributed by atoms with van der Waals surface area (Å²) in [6.07, 6.45) is 3.47. The molecule has 0 aliphatic rings. The highest BCUT2D eigenvalue weighted by Crippen LogP contribution is 2.41. The molecule has 6 aromatic carbocycles. The number of aromatic nitrogens is 6. The van der Waals surface area contributed by atoms with Crippen LogP contribution in [0.5, 0.6) is 11.5 Å². The summed E-state index contributed by atoms with van der Waals surface area (Å²) in [5, 5.41) is 6.30. The van der Waals surface area contributed by atoms with Crippen LogP contribution in [0.1, 0.15) is 50.7 Å². The van der Waals surface area contributed by atoms with Crippen molar-refractivity contribution in [2.45, 2.75) is 39.5 Å². The molecule has 7 nitrogen and oxygen atoms in total. The third-order valence-corrected chi connectivity index (χ3v) is 11.2. The van der Waals surface area contributed by atoms with Crippen LogP contribution in [0, 0.1) is 0 Å². The Bertz CT molecular complexity index is 3350. The summed E-state index contributed by atoms with van der Waals surface area (Å²) >= 11 is 0. The molecule has 0 saturated carbocycles. The van der Waals surface area contributed by atoms with Gasteiger partial charge in [0.25, 0.3) is 0 Å². The standard InChI is InChI=1S/C48H36N6O/c1-27(2)32-10-9-11-33(28(3)4)45(32)29-16-21-42-36(22-29)34-19-17-30(23-37(34)47-51-40-12-5-7-14-43(40)53(42)47)55-31-18-20-35-38(24-31)48-52-41-13-6-8-15-44(41)54(48)46-39(35)25-49-26-50-46/h5-28H,1-4H3. The topological polar surface area (TPSA) is 69.6 Å². The summed E-state index contributed by atoms with van der Waals surface area (Å²) in [7, 11) is 0. The number of ether oxygens (including phenoxy) is 1. The van der Waals surface area contributed by atoms with Crippen molar-refractivity contribution >= 4 is 76.8 Å². The van der Waals surface area contributed by atoms with Crippen LogP contribution in [-0.4, -0.2) is 28.7 Å². The molecule has 5 heterocycles. The first-order chi connectivity index (χ1) is 26.9. The van der Waals surface area contributed by atoms with Crippen LogP contribution in [0.2, 0.25) is 0 Å². The van der Waals surface area contributed by atoms with Crippen LogP contribution in [0.25, 0.3) is 88.0 Å². The first-order valence-electron chi connectivity index (χ1n) is 18.9. The van der Waals surface area contributed by atoms with Gasteiger partial charge in [0.05, 0.1) is 27.6 Å². The molecule has 0 spiro atoms. The molecule has 0 atom stereocenters. The molecule has 0 aliphatic carbocycles. The molecule has 264 valence electrons. The van der Waals surface area contributed by atoms with E-state index in [0.29, 0.717) is 11.8 Å². The van der Waals surface area contributed by atoms with Gasteiger partial charge in [-0.05, 0) is 118 Å². The number of benzene rings is 6. The molecule has 0 fully saturated rings. The van der Waals surface area contributed by atoms with Crippen LogP contribution < -0.4 is 4.74 Å². The zero-order valence-electron chi connectivity index (χ0n) is 30.9. The number of pyridine rings is 2. The van der Waals surface area contributed by atoms with Crippen LogP contribution in [0.4, 0.5) is 0 Å². The lowest BCUT2D eigenvalue weighted by molar-refractivity contribution is 0.484. The molecule has 0 bridgehead atoms. The number of hydrogen-bond acceptors (Lipinski definition) is 5. The van der Waals surface area contributed by atoms with E-state index in [2.05, 4.69) is 144 Å². The fourth-order valence-electron chi connectivity index (χ4n) is 8.70. The number of hydrogen-bond donors (Lipinski definition) is 0. The first kappa shape index (κ1) is 31.6. The second kappa shape index (κ2) is 11.8. The lowest BCUT2D eigenvalue weighted by atomic mass is 9.84. The van der Waals surface area contributed by atoms with Crippen molar-refractivity contribution < 1.29 is 4.74 Å². The highest BCUT2D eigenvalue weighted by Gasteiger charge is 2.20. The molecular formula is C48H36N6O. The predicted octanol–water partition coefficient (Wildman–Crippen LogP) is 12.4. The zero-order valence-corrected chi connectivity index (χ0v) is 30.9. The third kappa shape index (κ3) is 4.69. The van der Waals surface area contributed by atoms with Gasteiger partial charge in [-0.3, -0.25) is 8.80 Å². The van der Waals surface area contributed by atoms with Gasteiger partial charge < -0.3 is 4.74 Å². The normalized spacial score (nSPS) is 12.3.